The normalized spacial score (nSPS) is 26.3. The van der Waals surface area contributed by atoms with Crippen LogP contribution in [0.25, 0.3) is 0 Å². The summed E-state index contributed by atoms with van der Waals surface area (Å²) in [5.74, 6) is 0. The Morgan fingerprint density at radius 1 is 1.11 bits per heavy atom. The van der Waals surface area contributed by atoms with E-state index < -0.39 is 0 Å². The van der Waals surface area contributed by atoms with E-state index >= 15 is 0 Å². The minimum Gasteiger partial charge on any atom is -0.375 e. The maximum atomic E-state index is 11.9. The highest BCUT2D eigenvalue weighted by atomic mass is 16.5. The topological polar surface area (TPSA) is 56.8 Å². The zero-order valence-electron chi connectivity index (χ0n) is 16.5. The number of piperidine rings is 1. The number of urea groups is 1. The van der Waals surface area contributed by atoms with Crippen molar-refractivity contribution in [3.63, 3.8) is 0 Å². The first kappa shape index (κ1) is 18.6. The molecule has 3 aliphatic heterocycles. The van der Waals surface area contributed by atoms with Gasteiger partial charge in [0.05, 0.1) is 5.60 Å². The number of carbonyl (C=O) groups is 1. The van der Waals surface area contributed by atoms with Crippen LogP contribution in [0.3, 0.4) is 0 Å². The van der Waals surface area contributed by atoms with E-state index in [0.29, 0.717) is 12.1 Å². The Morgan fingerprint density at radius 3 is 2.59 bits per heavy atom. The fourth-order valence-corrected chi connectivity index (χ4v) is 4.59. The van der Waals surface area contributed by atoms with Gasteiger partial charge in [-0.1, -0.05) is 6.07 Å². The number of ether oxygens (including phenoxy) is 1. The minimum atomic E-state index is -0.00107. The molecule has 6 heteroatoms. The monoisotopic (exact) mass is 372 g/mol. The summed E-state index contributed by atoms with van der Waals surface area (Å²) < 4.78 is 5.84. The molecule has 3 saturated heterocycles. The number of hydrogen-bond donors (Lipinski definition) is 2. The summed E-state index contributed by atoms with van der Waals surface area (Å²) in [6, 6.07) is 9.57. The predicted octanol–water partition coefficient (Wildman–Crippen LogP) is 2.73. The molecule has 1 unspecified atom stereocenters. The van der Waals surface area contributed by atoms with Gasteiger partial charge in [-0.2, -0.15) is 0 Å². The van der Waals surface area contributed by atoms with Crippen LogP contribution in [-0.4, -0.2) is 56.5 Å². The number of anilines is 2. The number of nitrogens with one attached hydrogen (secondary N) is 2. The van der Waals surface area contributed by atoms with Crippen LogP contribution in [-0.2, 0) is 4.74 Å². The van der Waals surface area contributed by atoms with Crippen molar-refractivity contribution in [3.8, 4) is 0 Å². The molecule has 3 fully saturated rings. The second kappa shape index (κ2) is 7.68. The molecule has 1 aromatic carbocycles. The van der Waals surface area contributed by atoms with Gasteiger partial charge in [-0.25, -0.2) is 4.79 Å². The molecule has 0 radical (unpaired) electrons. The van der Waals surface area contributed by atoms with E-state index in [4.69, 9.17) is 4.74 Å². The zero-order valence-corrected chi connectivity index (χ0v) is 16.5. The summed E-state index contributed by atoms with van der Waals surface area (Å²) in [5, 5.41) is 6.75. The molecule has 0 spiro atoms. The van der Waals surface area contributed by atoms with Gasteiger partial charge >= 0.3 is 6.03 Å². The standard InChI is InChI=1S/C21H32N4O2/c1-21(2)15-17(8-13-27-21)23-16-6-10-24(11-7-16)18-4-3-5-19(14-18)25-12-9-22-20(25)26/h3-5,14,16-17,23H,6-13,15H2,1-2H3,(H,22,26). The van der Waals surface area contributed by atoms with Crippen LogP contribution < -0.4 is 20.4 Å². The first-order valence-corrected chi connectivity index (χ1v) is 10.3. The molecular formula is C21H32N4O2. The highest BCUT2D eigenvalue weighted by Gasteiger charge is 2.31. The van der Waals surface area contributed by atoms with Gasteiger partial charge in [-0.05, 0) is 57.7 Å². The summed E-state index contributed by atoms with van der Waals surface area (Å²) in [6.07, 6.45) is 4.52. The molecule has 3 aliphatic rings. The van der Waals surface area contributed by atoms with Crippen molar-refractivity contribution >= 4 is 17.4 Å². The van der Waals surface area contributed by atoms with Gasteiger partial charge in [0, 0.05) is 56.2 Å². The third kappa shape index (κ3) is 4.38. The summed E-state index contributed by atoms with van der Waals surface area (Å²) >= 11 is 0. The number of amides is 2. The van der Waals surface area contributed by atoms with Crippen molar-refractivity contribution in [2.75, 3.05) is 42.6 Å². The summed E-state index contributed by atoms with van der Waals surface area (Å²) in [7, 11) is 0. The van der Waals surface area contributed by atoms with Gasteiger partial charge in [0.2, 0.25) is 0 Å². The first-order chi connectivity index (χ1) is 13.0. The van der Waals surface area contributed by atoms with E-state index in [9.17, 15) is 4.79 Å². The van der Waals surface area contributed by atoms with E-state index in [1.165, 1.54) is 5.69 Å². The van der Waals surface area contributed by atoms with Crippen LogP contribution in [0.2, 0.25) is 0 Å². The Hall–Kier alpha value is -1.79. The lowest BCUT2D eigenvalue weighted by Gasteiger charge is -2.40. The maximum Gasteiger partial charge on any atom is 0.321 e. The molecule has 148 valence electrons. The van der Waals surface area contributed by atoms with Gasteiger partial charge in [-0.3, -0.25) is 4.90 Å². The lowest BCUT2D eigenvalue weighted by atomic mass is 9.92. The molecular weight excluding hydrogens is 340 g/mol. The van der Waals surface area contributed by atoms with Gasteiger partial charge < -0.3 is 20.3 Å². The zero-order chi connectivity index (χ0) is 18.9. The Kier molecular flexibility index (Phi) is 5.28. The Bertz CT molecular complexity index is 670. The SMILES string of the molecule is CC1(C)CC(NC2CCN(c3cccc(N4CCNC4=O)c3)CC2)CCO1. The molecule has 27 heavy (non-hydrogen) atoms. The maximum absolute atomic E-state index is 11.9. The average Bonchev–Trinajstić information content (AvgIpc) is 3.08. The van der Waals surface area contributed by atoms with E-state index in [0.717, 1.165) is 64.2 Å². The van der Waals surface area contributed by atoms with E-state index in [2.05, 4.69) is 47.6 Å². The highest BCUT2D eigenvalue weighted by molar-refractivity contribution is 5.94. The van der Waals surface area contributed by atoms with Crippen LogP contribution in [0, 0.1) is 0 Å². The third-order valence-corrected chi connectivity index (χ3v) is 6.03. The van der Waals surface area contributed by atoms with E-state index in [1.807, 2.05) is 11.0 Å². The number of benzene rings is 1. The fraction of sp³-hybridized carbons (Fsp3) is 0.667. The summed E-state index contributed by atoms with van der Waals surface area (Å²) in [5.41, 5.74) is 2.21. The fourth-order valence-electron chi connectivity index (χ4n) is 4.59. The highest BCUT2D eigenvalue weighted by Crippen LogP contribution is 2.28. The summed E-state index contributed by atoms with van der Waals surface area (Å²) in [4.78, 5) is 16.2. The quantitative estimate of drug-likeness (QED) is 0.853. The number of carbonyl (C=O) groups excluding carboxylic acids is 1. The van der Waals surface area contributed by atoms with Crippen LogP contribution in [0.1, 0.15) is 39.5 Å². The molecule has 6 nitrogen and oxygen atoms in total. The molecule has 0 saturated carbocycles. The molecule has 0 bridgehead atoms. The lowest BCUT2D eigenvalue weighted by molar-refractivity contribution is -0.0644. The molecule has 4 rings (SSSR count). The molecule has 1 atom stereocenters. The second-order valence-electron chi connectivity index (χ2n) is 8.63. The summed E-state index contributed by atoms with van der Waals surface area (Å²) in [6.45, 7) is 8.83. The van der Waals surface area contributed by atoms with Crippen LogP contribution in [0.15, 0.2) is 24.3 Å². The first-order valence-electron chi connectivity index (χ1n) is 10.3. The Balaban J connectivity index is 1.32. The van der Waals surface area contributed by atoms with Crippen molar-refractivity contribution in [3.05, 3.63) is 24.3 Å². The molecule has 3 heterocycles. The second-order valence-corrected chi connectivity index (χ2v) is 8.63. The molecule has 0 aliphatic carbocycles. The Labute approximate surface area is 162 Å². The minimum absolute atomic E-state index is 0.00107. The van der Waals surface area contributed by atoms with Gasteiger partial charge in [-0.15, -0.1) is 0 Å². The molecule has 0 aromatic heterocycles. The lowest BCUT2D eigenvalue weighted by Crippen LogP contribution is -2.50. The predicted molar refractivity (Wildman–Crippen MR) is 109 cm³/mol. The van der Waals surface area contributed by atoms with Gasteiger partial charge in [0.25, 0.3) is 0 Å². The smallest absolute Gasteiger partial charge is 0.321 e. The Morgan fingerprint density at radius 2 is 1.89 bits per heavy atom. The number of nitrogens with zero attached hydrogens (tertiary/aromatic N) is 2. The average molecular weight is 373 g/mol. The van der Waals surface area contributed by atoms with Crippen molar-refractivity contribution in [2.24, 2.45) is 0 Å². The van der Waals surface area contributed by atoms with Crippen LogP contribution >= 0.6 is 0 Å². The van der Waals surface area contributed by atoms with Crippen molar-refractivity contribution in [1.29, 1.82) is 0 Å². The molecule has 1 aromatic rings. The van der Waals surface area contributed by atoms with Gasteiger partial charge in [0.15, 0.2) is 0 Å². The third-order valence-electron chi connectivity index (χ3n) is 6.03. The van der Waals surface area contributed by atoms with Crippen molar-refractivity contribution in [2.45, 2.75) is 57.2 Å². The van der Waals surface area contributed by atoms with Gasteiger partial charge in [0.1, 0.15) is 0 Å². The molecule has 2 amide bonds. The van der Waals surface area contributed by atoms with E-state index in [-0.39, 0.29) is 11.6 Å². The van der Waals surface area contributed by atoms with E-state index in [1.54, 1.807) is 0 Å². The molecule has 2 N–H and O–H groups in total. The number of rotatable bonds is 4. The van der Waals surface area contributed by atoms with Crippen molar-refractivity contribution < 1.29 is 9.53 Å². The van der Waals surface area contributed by atoms with Crippen molar-refractivity contribution in [1.82, 2.24) is 10.6 Å². The largest absolute Gasteiger partial charge is 0.375 e. The van der Waals surface area contributed by atoms with Crippen LogP contribution in [0.4, 0.5) is 16.2 Å². The number of hydrogen-bond acceptors (Lipinski definition) is 4. The van der Waals surface area contributed by atoms with Crippen LogP contribution in [0.5, 0.6) is 0 Å².